The first-order valence-electron chi connectivity index (χ1n) is 14.3. The van der Waals surface area contributed by atoms with E-state index in [-0.39, 0.29) is 5.41 Å². The summed E-state index contributed by atoms with van der Waals surface area (Å²) < 4.78 is 4.63. The van der Waals surface area contributed by atoms with Gasteiger partial charge in [-0.1, -0.05) is 105 Å². The smallest absolute Gasteiger partial charge is 0.220 e. The molecule has 2 heterocycles. The minimum Gasteiger partial charge on any atom is -0.279 e. The lowest BCUT2D eigenvalue weighted by molar-refractivity contribution is 0.661. The van der Waals surface area contributed by atoms with Crippen molar-refractivity contribution in [1.82, 2.24) is 14.1 Å². The van der Waals surface area contributed by atoms with E-state index in [2.05, 4.69) is 150 Å². The van der Waals surface area contributed by atoms with Crippen LogP contribution in [0.3, 0.4) is 0 Å². The highest BCUT2D eigenvalue weighted by Gasteiger charge is 2.36. The molecule has 0 saturated heterocycles. The van der Waals surface area contributed by atoms with E-state index in [0.717, 1.165) is 33.7 Å². The van der Waals surface area contributed by atoms with E-state index in [4.69, 9.17) is 4.98 Å². The van der Waals surface area contributed by atoms with Crippen molar-refractivity contribution in [3.8, 4) is 22.8 Å². The number of rotatable bonds is 2. The van der Waals surface area contributed by atoms with Crippen molar-refractivity contribution in [2.24, 2.45) is 0 Å². The molecule has 0 atom stereocenters. The Morgan fingerprint density at radius 3 is 2.10 bits per heavy atom. The van der Waals surface area contributed by atoms with Crippen LogP contribution < -0.4 is 0 Å². The van der Waals surface area contributed by atoms with Crippen molar-refractivity contribution in [2.45, 2.75) is 19.3 Å². The average molecular weight is 526 g/mol. The molecule has 0 aliphatic heterocycles. The van der Waals surface area contributed by atoms with Gasteiger partial charge in [0.25, 0.3) is 0 Å². The molecule has 0 amide bonds. The summed E-state index contributed by atoms with van der Waals surface area (Å²) in [5.41, 5.74) is 11.0. The van der Waals surface area contributed by atoms with E-state index in [1.54, 1.807) is 0 Å². The summed E-state index contributed by atoms with van der Waals surface area (Å²) in [5.74, 6) is 0.899. The summed E-state index contributed by atoms with van der Waals surface area (Å²) in [7, 11) is 0. The Morgan fingerprint density at radius 1 is 0.512 bits per heavy atom. The third-order valence-corrected chi connectivity index (χ3v) is 9.13. The Kier molecular flexibility index (Phi) is 4.39. The van der Waals surface area contributed by atoms with Gasteiger partial charge in [-0.05, 0) is 69.4 Å². The van der Waals surface area contributed by atoms with Crippen LogP contribution in [0, 0.1) is 0 Å². The van der Waals surface area contributed by atoms with Crippen molar-refractivity contribution >= 4 is 43.6 Å². The van der Waals surface area contributed by atoms with Gasteiger partial charge >= 0.3 is 0 Å². The van der Waals surface area contributed by atoms with Crippen LogP contribution in [0.1, 0.15) is 25.0 Å². The fourth-order valence-corrected chi connectivity index (χ4v) is 7.29. The van der Waals surface area contributed by atoms with E-state index >= 15 is 0 Å². The number of imidazole rings is 1. The second-order valence-electron chi connectivity index (χ2n) is 11.6. The fraction of sp³-hybridized carbons (Fsp3) is 0.0789. The van der Waals surface area contributed by atoms with E-state index in [9.17, 15) is 0 Å². The molecular formula is C38H27N3. The van der Waals surface area contributed by atoms with E-state index in [1.165, 1.54) is 43.8 Å². The number of aromatic nitrogens is 3. The van der Waals surface area contributed by atoms with Gasteiger partial charge in [0.1, 0.15) is 0 Å². The molecule has 194 valence electrons. The summed E-state index contributed by atoms with van der Waals surface area (Å²) in [6, 6.07) is 46.0. The largest absolute Gasteiger partial charge is 0.279 e. The van der Waals surface area contributed by atoms with Crippen LogP contribution in [0.2, 0.25) is 0 Å². The summed E-state index contributed by atoms with van der Waals surface area (Å²) >= 11 is 0. The Hall–Kier alpha value is -5.15. The summed E-state index contributed by atoms with van der Waals surface area (Å²) in [6.45, 7) is 4.70. The molecule has 2 aromatic heterocycles. The maximum absolute atomic E-state index is 5.24. The van der Waals surface area contributed by atoms with Gasteiger partial charge in [-0.3, -0.25) is 9.13 Å². The van der Waals surface area contributed by atoms with Crippen molar-refractivity contribution in [3.05, 3.63) is 139 Å². The first-order valence-corrected chi connectivity index (χ1v) is 14.3. The second kappa shape index (κ2) is 7.96. The van der Waals surface area contributed by atoms with Gasteiger partial charge in [-0.25, -0.2) is 4.98 Å². The van der Waals surface area contributed by atoms with E-state index in [0.29, 0.717) is 0 Å². The highest BCUT2D eigenvalue weighted by molar-refractivity contribution is 6.23. The number of hydrogen-bond acceptors (Lipinski definition) is 1. The Morgan fingerprint density at radius 2 is 1.22 bits per heavy atom. The molecule has 3 nitrogen and oxygen atoms in total. The maximum Gasteiger partial charge on any atom is 0.220 e. The normalized spacial score (nSPS) is 13.8. The topological polar surface area (TPSA) is 22.8 Å². The molecule has 41 heavy (non-hydrogen) atoms. The van der Waals surface area contributed by atoms with Gasteiger partial charge in [-0.2, -0.15) is 0 Å². The lowest BCUT2D eigenvalue weighted by Gasteiger charge is -2.21. The predicted molar refractivity (Wildman–Crippen MR) is 170 cm³/mol. The monoisotopic (exact) mass is 525 g/mol. The highest BCUT2D eigenvalue weighted by Crippen LogP contribution is 2.52. The molecule has 0 saturated carbocycles. The zero-order chi connectivity index (χ0) is 27.3. The van der Waals surface area contributed by atoms with E-state index < -0.39 is 0 Å². The number of para-hydroxylation sites is 4. The second-order valence-corrected chi connectivity index (χ2v) is 11.6. The van der Waals surface area contributed by atoms with Crippen LogP contribution in [-0.2, 0) is 5.41 Å². The highest BCUT2D eigenvalue weighted by atomic mass is 15.2. The molecule has 9 rings (SSSR count). The zero-order valence-electron chi connectivity index (χ0n) is 23.0. The first-order chi connectivity index (χ1) is 20.1. The van der Waals surface area contributed by atoms with E-state index in [1.807, 2.05) is 0 Å². The standard InChI is InChI=1S/C38H27N3/c1-38(2)29-16-8-6-14-27(29)35-25-21-23-34-36(26(25)20-22-30(35)38)28-15-7-10-18-32(28)41(34)37-39-31-17-9-11-19-33(31)40(37)24-12-4-3-5-13-24/h3-23H,1-2H3. The fourth-order valence-electron chi connectivity index (χ4n) is 7.29. The third kappa shape index (κ3) is 2.90. The van der Waals surface area contributed by atoms with Crippen molar-refractivity contribution in [2.75, 3.05) is 0 Å². The average Bonchev–Trinajstić information content (AvgIpc) is 3.63. The molecular weight excluding hydrogens is 498 g/mol. The first kappa shape index (κ1) is 22.6. The molecule has 0 N–H and O–H groups in total. The van der Waals surface area contributed by atoms with Gasteiger partial charge in [0.15, 0.2) is 0 Å². The summed E-state index contributed by atoms with van der Waals surface area (Å²) in [5, 5.41) is 5.11. The number of benzene rings is 6. The number of hydrogen-bond donors (Lipinski definition) is 0. The van der Waals surface area contributed by atoms with Crippen molar-refractivity contribution < 1.29 is 0 Å². The molecule has 0 bridgehead atoms. The molecule has 3 heteroatoms. The molecule has 1 aliphatic rings. The molecule has 8 aromatic rings. The Labute approximate surface area is 237 Å². The lowest BCUT2D eigenvalue weighted by atomic mass is 9.82. The zero-order valence-corrected chi connectivity index (χ0v) is 23.0. The minimum absolute atomic E-state index is 0.0242. The summed E-state index contributed by atoms with van der Waals surface area (Å²) in [6.07, 6.45) is 0. The van der Waals surface area contributed by atoms with Crippen LogP contribution in [0.15, 0.2) is 127 Å². The van der Waals surface area contributed by atoms with Gasteiger partial charge in [0, 0.05) is 21.9 Å². The van der Waals surface area contributed by atoms with Crippen molar-refractivity contribution in [1.29, 1.82) is 0 Å². The SMILES string of the molecule is CC1(C)c2ccccc2-c2c1ccc1c2ccc2c1c1ccccc1n2-c1nc2ccccc2n1-c1ccccc1. The molecule has 6 aromatic carbocycles. The van der Waals surface area contributed by atoms with Gasteiger partial charge in [-0.15, -0.1) is 0 Å². The minimum atomic E-state index is -0.0242. The number of nitrogens with zero attached hydrogens (tertiary/aromatic N) is 3. The summed E-state index contributed by atoms with van der Waals surface area (Å²) in [4.78, 5) is 5.24. The number of fused-ring (bicyclic) bond motifs is 10. The quantitative estimate of drug-likeness (QED) is 0.220. The molecule has 0 fully saturated rings. The van der Waals surface area contributed by atoms with Gasteiger partial charge < -0.3 is 0 Å². The van der Waals surface area contributed by atoms with Crippen LogP contribution in [0.5, 0.6) is 0 Å². The van der Waals surface area contributed by atoms with Gasteiger partial charge in [0.2, 0.25) is 5.95 Å². The van der Waals surface area contributed by atoms with Crippen molar-refractivity contribution in [3.63, 3.8) is 0 Å². The third-order valence-electron chi connectivity index (χ3n) is 9.13. The van der Waals surface area contributed by atoms with Crippen LogP contribution in [0.25, 0.3) is 66.4 Å². The van der Waals surface area contributed by atoms with Crippen LogP contribution in [-0.4, -0.2) is 14.1 Å². The Balaban J connectivity index is 1.43. The van der Waals surface area contributed by atoms with Gasteiger partial charge in [0.05, 0.1) is 22.1 Å². The van der Waals surface area contributed by atoms with Crippen LogP contribution in [0.4, 0.5) is 0 Å². The molecule has 0 spiro atoms. The van der Waals surface area contributed by atoms with Crippen LogP contribution >= 0.6 is 0 Å². The predicted octanol–water partition coefficient (Wildman–Crippen LogP) is 9.58. The Bertz CT molecular complexity index is 2330. The molecule has 0 unspecified atom stereocenters. The maximum atomic E-state index is 5.24. The molecule has 1 aliphatic carbocycles. The molecule has 0 radical (unpaired) electrons. The lowest BCUT2D eigenvalue weighted by Crippen LogP contribution is -2.14.